The predicted molar refractivity (Wildman–Crippen MR) is 83.7 cm³/mol. The number of benzene rings is 1. The summed E-state index contributed by atoms with van der Waals surface area (Å²) in [7, 11) is 0. The zero-order valence-corrected chi connectivity index (χ0v) is 12.9. The summed E-state index contributed by atoms with van der Waals surface area (Å²) in [6.45, 7) is 4.61. The number of hydrogen-bond donors (Lipinski definition) is 1. The van der Waals surface area contributed by atoms with Crippen LogP contribution in [0.1, 0.15) is 64.0 Å². The van der Waals surface area contributed by atoms with Crippen molar-refractivity contribution in [3.63, 3.8) is 0 Å². The molecule has 2 heteroatoms. The first kappa shape index (κ1) is 14.9. The molecule has 2 rings (SSSR count). The molecule has 1 aromatic rings. The van der Waals surface area contributed by atoms with Crippen molar-refractivity contribution >= 4 is 11.6 Å². The van der Waals surface area contributed by atoms with E-state index < -0.39 is 0 Å². The number of rotatable bonds is 5. The molecule has 1 saturated carbocycles. The van der Waals surface area contributed by atoms with Crippen LogP contribution in [0, 0.1) is 5.92 Å². The average Bonchev–Trinajstić information content (AvgIpc) is 2.46. The molecule has 1 aliphatic rings. The summed E-state index contributed by atoms with van der Waals surface area (Å²) in [5.41, 5.74) is 1.36. The first-order chi connectivity index (χ1) is 9.20. The number of nitrogens with one attached hydrogen (secondary N) is 1. The van der Waals surface area contributed by atoms with Crippen molar-refractivity contribution in [3.8, 4) is 0 Å². The van der Waals surface area contributed by atoms with Gasteiger partial charge in [-0.2, -0.15) is 0 Å². The van der Waals surface area contributed by atoms with Gasteiger partial charge >= 0.3 is 0 Å². The van der Waals surface area contributed by atoms with Crippen LogP contribution < -0.4 is 5.32 Å². The zero-order valence-electron chi connectivity index (χ0n) is 12.2. The third-order valence-electron chi connectivity index (χ3n) is 4.50. The molecule has 0 heterocycles. The summed E-state index contributed by atoms with van der Waals surface area (Å²) in [5, 5.41) is 4.65. The van der Waals surface area contributed by atoms with Crippen molar-refractivity contribution in [2.45, 2.75) is 64.5 Å². The first-order valence-electron chi connectivity index (χ1n) is 7.72. The van der Waals surface area contributed by atoms with Crippen LogP contribution in [0.15, 0.2) is 24.3 Å². The van der Waals surface area contributed by atoms with E-state index in [1.54, 1.807) is 0 Å². The second kappa shape index (κ2) is 7.31. The fourth-order valence-corrected chi connectivity index (χ4v) is 3.36. The van der Waals surface area contributed by atoms with Gasteiger partial charge in [0.2, 0.25) is 0 Å². The summed E-state index contributed by atoms with van der Waals surface area (Å²) < 4.78 is 0. The van der Waals surface area contributed by atoms with Crippen molar-refractivity contribution in [2.75, 3.05) is 0 Å². The molecule has 0 aliphatic heterocycles. The minimum absolute atomic E-state index is 0.453. The maximum atomic E-state index is 5.97. The molecule has 1 aliphatic carbocycles. The highest BCUT2D eigenvalue weighted by molar-refractivity contribution is 6.30. The largest absolute Gasteiger partial charge is 0.307 e. The molecule has 0 radical (unpaired) electrons. The van der Waals surface area contributed by atoms with Gasteiger partial charge < -0.3 is 5.32 Å². The van der Waals surface area contributed by atoms with Gasteiger partial charge in [-0.25, -0.2) is 0 Å². The second-order valence-electron chi connectivity index (χ2n) is 5.87. The Morgan fingerprint density at radius 1 is 1.16 bits per heavy atom. The van der Waals surface area contributed by atoms with Crippen LogP contribution in [0.3, 0.4) is 0 Å². The van der Waals surface area contributed by atoms with Gasteiger partial charge in [-0.15, -0.1) is 0 Å². The van der Waals surface area contributed by atoms with Gasteiger partial charge in [0.05, 0.1) is 0 Å². The van der Waals surface area contributed by atoms with Crippen LogP contribution in [0.4, 0.5) is 0 Å². The van der Waals surface area contributed by atoms with Gasteiger partial charge in [0, 0.05) is 17.1 Å². The third kappa shape index (κ3) is 4.22. The topological polar surface area (TPSA) is 12.0 Å². The lowest BCUT2D eigenvalue weighted by atomic mass is 9.84. The summed E-state index contributed by atoms with van der Waals surface area (Å²) in [5.74, 6) is 0.857. The monoisotopic (exact) mass is 279 g/mol. The lowest BCUT2D eigenvalue weighted by molar-refractivity contribution is 0.262. The first-order valence-corrected chi connectivity index (χ1v) is 8.10. The lowest BCUT2D eigenvalue weighted by Gasteiger charge is -2.31. The molecule has 2 atom stereocenters. The molecule has 1 fully saturated rings. The highest BCUT2D eigenvalue weighted by Crippen LogP contribution is 2.28. The van der Waals surface area contributed by atoms with Crippen molar-refractivity contribution in [2.24, 2.45) is 5.92 Å². The van der Waals surface area contributed by atoms with Gasteiger partial charge in [0.25, 0.3) is 0 Å². The SMILES string of the molecule is CCC(N[C@H](C)C1CCCCC1)c1ccc(Cl)cc1. The summed E-state index contributed by atoms with van der Waals surface area (Å²) in [4.78, 5) is 0. The normalized spacial score (nSPS) is 20.2. The van der Waals surface area contributed by atoms with Crippen LogP contribution in [-0.4, -0.2) is 6.04 Å². The molecule has 1 N–H and O–H groups in total. The van der Waals surface area contributed by atoms with E-state index in [9.17, 15) is 0 Å². The molecule has 1 nitrogen and oxygen atoms in total. The van der Waals surface area contributed by atoms with Crippen molar-refractivity contribution < 1.29 is 0 Å². The second-order valence-corrected chi connectivity index (χ2v) is 6.30. The Bertz CT molecular complexity index is 367. The molecule has 0 aromatic heterocycles. The van der Waals surface area contributed by atoms with E-state index >= 15 is 0 Å². The fraction of sp³-hybridized carbons (Fsp3) is 0.647. The Kier molecular flexibility index (Phi) is 5.72. The van der Waals surface area contributed by atoms with Crippen molar-refractivity contribution in [1.29, 1.82) is 0 Å². The third-order valence-corrected chi connectivity index (χ3v) is 4.75. The Labute approximate surface area is 122 Å². The summed E-state index contributed by atoms with van der Waals surface area (Å²) >= 11 is 5.97. The van der Waals surface area contributed by atoms with Gasteiger partial charge in [-0.1, -0.05) is 49.9 Å². The van der Waals surface area contributed by atoms with Crippen LogP contribution in [0.2, 0.25) is 5.02 Å². The van der Waals surface area contributed by atoms with Crippen molar-refractivity contribution in [3.05, 3.63) is 34.9 Å². The highest BCUT2D eigenvalue weighted by atomic mass is 35.5. The molecule has 1 unspecified atom stereocenters. The van der Waals surface area contributed by atoms with Crippen LogP contribution in [0.25, 0.3) is 0 Å². The van der Waals surface area contributed by atoms with E-state index in [1.807, 2.05) is 12.1 Å². The molecule has 0 amide bonds. The Morgan fingerprint density at radius 2 is 1.79 bits per heavy atom. The zero-order chi connectivity index (χ0) is 13.7. The van der Waals surface area contributed by atoms with Crippen molar-refractivity contribution in [1.82, 2.24) is 5.32 Å². The quantitative estimate of drug-likeness (QED) is 0.766. The minimum Gasteiger partial charge on any atom is -0.307 e. The Hall–Kier alpha value is -0.530. The summed E-state index contributed by atoms with van der Waals surface area (Å²) in [6, 6.07) is 9.35. The van der Waals surface area contributed by atoms with E-state index in [0.717, 1.165) is 17.4 Å². The number of hydrogen-bond acceptors (Lipinski definition) is 1. The van der Waals surface area contributed by atoms with Gasteiger partial charge in [-0.3, -0.25) is 0 Å². The van der Waals surface area contributed by atoms with E-state index in [4.69, 9.17) is 11.6 Å². The smallest absolute Gasteiger partial charge is 0.0406 e. The Morgan fingerprint density at radius 3 is 2.37 bits per heavy atom. The maximum Gasteiger partial charge on any atom is 0.0406 e. The Balaban J connectivity index is 1.96. The predicted octanol–water partition coefficient (Wildman–Crippen LogP) is 5.35. The van der Waals surface area contributed by atoms with Gasteiger partial charge in [0.15, 0.2) is 0 Å². The summed E-state index contributed by atoms with van der Waals surface area (Å²) in [6.07, 6.45) is 8.16. The average molecular weight is 280 g/mol. The molecular formula is C17H26ClN. The standard InChI is InChI=1S/C17H26ClN/c1-3-17(15-9-11-16(18)12-10-15)19-13(2)14-7-5-4-6-8-14/h9-14,17,19H,3-8H2,1-2H3/t13-,17?/m1/s1. The molecule has 0 spiro atoms. The van der Waals surface area contributed by atoms with Crippen LogP contribution in [-0.2, 0) is 0 Å². The molecule has 19 heavy (non-hydrogen) atoms. The van der Waals surface area contributed by atoms with E-state index in [2.05, 4.69) is 31.3 Å². The van der Waals surface area contributed by atoms with E-state index in [-0.39, 0.29) is 0 Å². The van der Waals surface area contributed by atoms with Crippen LogP contribution in [0.5, 0.6) is 0 Å². The van der Waals surface area contributed by atoms with E-state index in [1.165, 1.54) is 37.7 Å². The minimum atomic E-state index is 0.453. The highest BCUT2D eigenvalue weighted by Gasteiger charge is 2.22. The molecule has 0 bridgehead atoms. The lowest BCUT2D eigenvalue weighted by Crippen LogP contribution is -2.37. The maximum absolute atomic E-state index is 5.97. The van der Waals surface area contributed by atoms with Gasteiger partial charge in [-0.05, 0) is 49.8 Å². The number of halogens is 1. The van der Waals surface area contributed by atoms with E-state index in [0.29, 0.717) is 12.1 Å². The molecule has 0 saturated heterocycles. The molecule has 106 valence electrons. The van der Waals surface area contributed by atoms with Gasteiger partial charge in [0.1, 0.15) is 0 Å². The molecular weight excluding hydrogens is 254 g/mol. The molecule has 1 aromatic carbocycles. The van der Waals surface area contributed by atoms with Crippen LogP contribution >= 0.6 is 11.6 Å². The fourth-order valence-electron chi connectivity index (χ4n) is 3.23.